The Bertz CT molecular complexity index is 1290. The second-order valence-corrected chi connectivity index (χ2v) is 14.9. The van der Waals surface area contributed by atoms with Crippen molar-refractivity contribution in [2.45, 2.75) is 49.3 Å². The molecule has 2 aromatic rings. The molecule has 0 radical (unpaired) electrons. The maximum Gasteiger partial charge on any atom is 0.211 e. The standard InChI is InChI=1S/C29H39N3O4S2/c1-37(33,34)32-20-13-27(14-21-32)29(26-5-3-2-4-6-26)15-19-31-17-11-24(12-18-31)16-22-38(35,36)28-9-7-25(23-30)8-10-28/h2-10,24,27,29H,11-22H2,1H3/t29-/m0/s1. The van der Waals surface area contributed by atoms with E-state index in [0.717, 1.165) is 51.7 Å². The number of sulfonamides is 1. The van der Waals surface area contributed by atoms with Crippen LogP contribution >= 0.6 is 0 Å². The first kappa shape index (κ1) is 28.8. The van der Waals surface area contributed by atoms with Crippen LogP contribution in [0.1, 0.15) is 55.6 Å². The molecule has 2 heterocycles. The molecule has 7 nitrogen and oxygen atoms in total. The molecule has 4 rings (SSSR count). The van der Waals surface area contributed by atoms with E-state index in [0.29, 0.717) is 47.7 Å². The molecule has 0 amide bonds. The van der Waals surface area contributed by atoms with E-state index in [4.69, 9.17) is 5.26 Å². The summed E-state index contributed by atoms with van der Waals surface area (Å²) in [7, 11) is -6.47. The van der Waals surface area contributed by atoms with E-state index in [1.165, 1.54) is 24.0 Å². The molecule has 2 fully saturated rings. The number of benzene rings is 2. The molecule has 0 N–H and O–H groups in total. The molecular formula is C29H39N3O4S2. The van der Waals surface area contributed by atoms with Crippen LogP contribution in [0.5, 0.6) is 0 Å². The first-order valence-corrected chi connectivity index (χ1v) is 17.1. The zero-order chi connectivity index (χ0) is 27.2. The zero-order valence-electron chi connectivity index (χ0n) is 22.2. The minimum atomic E-state index is -3.34. The summed E-state index contributed by atoms with van der Waals surface area (Å²) in [6.07, 6.45) is 6.81. The third kappa shape index (κ3) is 7.66. The molecule has 0 spiro atoms. The van der Waals surface area contributed by atoms with Crippen LogP contribution in [0.4, 0.5) is 0 Å². The van der Waals surface area contributed by atoms with Gasteiger partial charge >= 0.3 is 0 Å². The smallest absolute Gasteiger partial charge is 0.211 e. The highest BCUT2D eigenvalue weighted by atomic mass is 32.2. The van der Waals surface area contributed by atoms with Gasteiger partial charge in [-0.1, -0.05) is 30.3 Å². The van der Waals surface area contributed by atoms with Crippen LogP contribution in [-0.4, -0.2) is 70.8 Å². The molecule has 2 aromatic carbocycles. The van der Waals surface area contributed by atoms with E-state index < -0.39 is 19.9 Å². The summed E-state index contributed by atoms with van der Waals surface area (Å²) < 4.78 is 51.0. The summed E-state index contributed by atoms with van der Waals surface area (Å²) in [4.78, 5) is 2.80. The van der Waals surface area contributed by atoms with Gasteiger partial charge in [-0.05, 0) is 106 Å². The largest absolute Gasteiger partial charge is 0.303 e. The molecule has 2 aliphatic heterocycles. The number of sulfone groups is 1. The maximum atomic E-state index is 12.7. The Morgan fingerprint density at radius 1 is 0.895 bits per heavy atom. The van der Waals surface area contributed by atoms with E-state index >= 15 is 0 Å². The average molecular weight is 558 g/mol. The van der Waals surface area contributed by atoms with Crippen molar-refractivity contribution in [3.63, 3.8) is 0 Å². The molecule has 0 unspecified atom stereocenters. The highest BCUT2D eigenvalue weighted by Crippen LogP contribution is 2.36. The molecule has 9 heteroatoms. The van der Waals surface area contributed by atoms with Gasteiger partial charge in [0.05, 0.1) is 28.5 Å². The lowest BCUT2D eigenvalue weighted by atomic mass is 9.78. The number of hydrogen-bond donors (Lipinski definition) is 0. The first-order valence-electron chi connectivity index (χ1n) is 13.6. The zero-order valence-corrected chi connectivity index (χ0v) is 23.8. The molecule has 0 aromatic heterocycles. The van der Waals surface area contributed by atoms with Crippen LogP contribution in [0.15, 0.2) is 59.5 Å². The van der Waals surface area contributed by atoms with E-state index in [1.54, 1.807) is 16.4 Å². The quantitative estimate of drug-likeness (QED) is 0.433. The lowest BCUT2D eigenvalue weighted by molar-refractivity contribution is 0.164. The number of nitrogens with zero attached hydrogens (tertiary/aromatic N) is 3. The summed E-state index contributed by atoms with van der Waals surface area (Å²) >= 11 is 0. The minimum absolute atomic E-state index is 0.145. The van der Waals surface area contributed by atoms with Crippen molar-refractivity contribution in [1.29, 1.82) is 5.26 Å². The maximum absolute atomic E-state index is 12.7. The summed E-state index contributed by atoms with van der Waals surface area (Å²) in [5.74, 6) is 1.43. The Morgan fingerprint density at radius 3 is 2.11 bits per heavy atom. The number of piperidine rings is 2. The van der Waals surface area contributed by atoms with Gasteiger partial charge in [0.25, 0.3) is 0 Å². The van der Waals surface area contributed by atoms with Gasteiger partial charge in [0.2, 0.25) is 10.0 Å². The topological polar surface area (TPSA) is 98.6 Å². The Hall–Kier alpha value is -2.25. The van der Waals surface area contributed by atoms with Crippen molar-refractivity contribution in [2.24, 2.45) is 11.8 Å². The van der Waals surface area contributed by atoms with E-state index in [2.05, 4.69) is 29.2 Å². The lowest BCUT2D eigenvalue weighted by Gasteiger charge is -2.37. The van der Waals surface area contributed by atoms with Crippen LogP contribution in [-0.2, 0) is 19.9 Å². The van der Waals surface area contributed by atoms with Gasteiger partial charge in [0.15, 0.2) is 9.84 Å². The summed E-state index contributed by atoms with van der Waals surface area (Å²) in [5, 5.41) is 8.93. The summed E-state index contributed by atoms with van der Waals surface area (Å²) in [6, 6.07) is 18.8. The van der Waals surface area contributed by atoms with Gasteiger partial charge in [0, 0.05) is 13.1 Å². The van der Waals surface area contributed by atoms with Crippen molar-refractivity contribution < 1.29 is 16.8 Å². The molecule has 0 bridgehead atoms. The highest BCUT2D eigenvalue weighted by Gasteiger charge is 2.31. The Labute approximate surface area is 228 Å². The fourth-order valence-corrected chi connectivity index (χ4v) is 8.29. The Kier molecular flexibility index (Phi) is 9.64. The van der Waals surface area contributed by atoms with E-state index in [9.17, 15) is 16.8 Å². The van der Waals surface area contributed by atoms with Crippen LogP contribution in [0.2, 0.25) is 0 Å². The van der Waals surface area contributed by atoms with E-state index in [1.807, 2.05) is 12.1 Å². The molecule has 38 heavy (non-hydrogen) atoms. The first-order chi connectivity index (χ1) is 18.2. The summed E-state index contributed by atoms with van der Waals surface area (Å²) in [6.45, 7) is 4.17. The Balaban J connectivity index is 1.27. The molecule has 206 valence electrons. The van der Waals surface area contributed by atoms with Gasteiger partial charge in [0.1, 0.15) is 0 Å². The van der Waals surface area contributed by atoms with E-state index in [-0.39, 0.29) is 5.75 Å². The molecule has 0 aliphatic carbocycles. The van der Waals surface area contributed by atoms with Crippen LogP contribution < -0.4 is 0 Å². The summed E-state index contributed by atoms with van der Waals surface area (Å²) in [5.41, 5.74) is 1.80. The van der Waals surface area contributed by atoms with Crippen LogP contribution in [0.25, 0.3) is 0 Å². The fraction of sp³-hybridized carbons (Fsp3) is 0.552. The number of nitriles is 1. The van der Waals surface area contributed by atoms with Crippen molar-refractivity contribution in [2.75, 3.05) is 44.7 Å². The van der Waals surface area contributed by atoms with Crippen LogP contribution in [0, 0.1) is 23.2 Å². The van der Waals surface area contributed by atoms with Crippen molar-refractivity contribution in [3.05, 3.63) is 65.7 Å². The second kappa shape index (κ2) is 12.7. The highest BCUT2D eigenvalue weighted by molar-refractivity contribution is 7.91. The van der Waals surface area contributed by atoms with Gasteiger partial charge in [-0.2, -0.15) is 5.26 Å². The predicted octanol–water partition coefficient (Wildman–Crippen LogP) is 4.28. The van der Waals surface area contributed by atoms with Gasteiger partial charge in [-0.15, -0.1) is 0 Å². The molecule has 2 aliphatic rings. The normalized spacial score (nSPS) is 19.7. The fourth-order valence-electron chi connectivity index (χ4n) is 5.98. The molecule has 1 atom stereocenters. The number of rotatable bonds is 10. The SMILES string of the molecule is CS(=O)(=O)N1CCC([C@@H](CCN2CCC(CCS(=O)(=O)c3ccc(C#N)cc3)CC2)c2ccccc2)CC1. The second-order valence-electron chi connectivity index (χ2n) is 10.8. The molecule has 2 saturated heterocycles. The third-order valence-corrected chi connectivity index (χ3v) is 11.4. The van der Waals surface area contributed by atoms with Gasteiger partial charge in [-0.3, -0.25) is 0 Å². The van der Waals surface area contributed by atoms with Gasteiger partial charge < -0.3 is 4.90 Å². The van der Waals surface area contributed by atoms with Crippen LogP contribution in [0.3, 0.4) is 0 Å². The monoisotopic (exact) mass is 557 g/mol. The third-order valence-electron chi connectivity index (χ3n) is 8.37. The minimum Gasteiger partial charge on any atom is -0.303 e. The Morgan fingerprint density at radius 2 is 1.53 bits per heavy atom. The molecule has 0 saturated carbocycles. The van der Waals surface area contributed by atoms with Crippen molar-refractivity contribution >= 4 is 19.9 Å². The molecular weight excluding hydrogens is 518 g/mol. The average Bonchev–Trinajstić information content (AvgIpc) is 2.93. The van der Waals surface area contributed by atoms with Crippen molar-refractivity contribution in [1.82, 2.24) is 9.21 Å². The number of likely N-dealkylation sites (tertiary alicyclic amines) is 1. The lowest BCUT2D eigenvalue weighted by Crippen LogP contribution is -2.40. The predicted molar refractivity (Wildman–Crippen MR) is 150 cm³/mol. The number of hydrogen-bond acceptors (Lipinski definition) is 6. The van der Waals surface area contributed by atoms with Gasteiger partial charge in [-0.25, -0.2) is 21.1 Å². The van der Waals surface area contributed by atoms with Crippen molar-refractivity contribution in [3.8, 4) is 6.07 Å².